The van der Waals surface area contributed by atoms with Crippen molar-refractivity contribution in [2.45, 2.75) is 51.1 Å². The number of carbonyl (C=O) groups is 2. The van der Waals surface area contributed by atoms with Gasteiger partial charge in [0.25, 0.3) is 5.91 Å². The van der Waals surface area contributed by atoms with Gasteiger partial charge >= 0.3 is 0 Å². The molecule has 1 aliphatic carbocycles. The second-order valence-corrected chi connectivity index (χ2v) is 8.27. The van der Waals surface area contributed by atoms with Crippen molar-refractivity contribution in [3.05, 3.63) is 65.7 Å². The number of hydrogen-bond acceptors (Lipinski definition) is 3. The molecule has 1 aliphatic heterocycles. The highest BCUT2D eigenvalue weighted by Gasteiger charge is 2.31. The average Bonchev–Trinajstić information content (AvgIpc) is 2.90. The molecule has 1 atom stereocenters. The van der Waals surface area contributed by atoms with Crippen LogP contribution in [0.4, 0.5) is 5.69 Å². The van der Waals surface area contributed by atoms with E-state index in [2.05, 4.69) is 5.32 Å². The zero-order valence-electron chi connectivity index (χ0n) is 17.5. The van der Waals surface area contributed by atoms with Crippen molar-refractivity contribution in [2.24, 2.45) is 10.9 Å². The standard InChI is InChI=1S/C25H29N3O2/c1-28-21-15-9-8-14-20(21)23(19-12-6-3-7-13-19)27-24(25(28)30)26-22(29)17-16-18-10-4-2-5-11-18/h3,6-9,12-15,18,24H,2,4-5,10-11,16-17H2,1H3,(H,26,29). The smallest absolute Gasteiger partial charge is 0.272 e. The van der Waals surface area contributed by atoms with E-state index in [0.29, 0.717) is 12.3 Å². The number of para-hydroxylation sites is 1. The molecule has 5 heteroatoms. The summed E-state index contributed by atoms with van der Waals surface area (Å²) in [6, 6.07) is 17.6. The van der Waals surface area contributed by atoms with Gasteiger partial charge < -0.3 is 10.2 Å². The maximum absolute atomic E-state index is 13.1. The lowest BCUT2D eigenvalue weighted by Gasteiger charge is -2.22. The van der Waals surface area contributed by atoms with Gasteiger partial charge in [0.05, 0.1) is 11.4 Å². The maximum atomic E-state index is 13.1. The van der Waals surface area contributed by atoms with Crippen molar-refractivity contribution in [1.82, 2.24) is 5.32 Å². The zero-order valence-corrected chi connectivity index (χ0v) is 17.5. The molecule has 2 aromatic carbocycles. The van der Waals surface area contributed by atoms with Gasteiger partial charge in [0.2, 0.25) is 12.1 Å². The molecule has 4 rings (SSSR count). The van der Waals surface area contributed by atoms with Gasteiger partial charge in [-0.15, -0.1) is 0 Å². The van der Waals surface area contributed by atoms with Crippen molar-refractivity contribution in [1.29, 1.82) is 0 Å². The lowest BCUT2D eigenvalue weighted by atomic mass is 9.86. The topological polar surface area (TPSA) is 61.8 Å². The first-order chi connectivity index (χ1) is 14.6. The van der Waals surface area contributed by atoms with Gasteiger partial charge in [0.15, 0.2) is 0 Å². The van der Waals surface area contributed by atoms with E-state index < -0.39 is 6.17 Å². The fourth-order valence-corrected chi connectivity index (χ4v) is 4.48. The summed E-state index contributed by atoms with van der Waals surface area (Å²) in [6.07, 6.45) is 6.68. The number of nitrogens with one attached hydrogen (secondary N) is 1. The number of aliphatic imine (C=N–C) groups is 1. The number of carbonyl (C=O) groups excluding carboxylic acids is 2. The predicted molar refractivity (Wildman–Crippen MR) is 120 cm³/mol. The van der Waals surface area contributed by atoms with E-state index in [0.717, 1.165) is 28.9 Å². The number of fused-ring (bicyclic) bond motifs is 1. The van der Waals surface area contributed by atoms with Crippen LogP contribution in [0.2, 0.25) is 0 Å². The van der Waals surface area contributed by atoms with Crippen molar-refractivity contribution < 1.29 is 9.59 Å². The number of amides is 2. The van der Waals surface area contributed by atoms with Crippen molar-refractivity contribution in [3.63, 3.8) is 0 Å². The number of rotatable bonds is 5. The first-order valence-corrected chi connectivity index (χ1v) is 10.9. The van der Waals surface area contributed by atoms with Gasteiger partial charge in [-0.25, -0.2) is 4.99 Å². The molecule has 0 saturated heterocycles. The molecule has 0 radical (unpaired) electrons. The van der Waals surface area contributed by atoms with Crippen LogP contribution in [0.15, 0.2) is 59.6 Å². The molecular weight excluding hydrogens is 374 g/mol. The maximum Gasteiger partial charge on any atom is 0.272 e. The van der Waals surface area contributed by atoms with Gasteiger partial charge in [-0.05, 0) is 18.4 Å². The number of nitrogens with zero attached hydrogens (tertiary/aromatic N) is 2. The Kier molecular flexibility index (Phi) is 6.26. The fourth-order valence-electron chi connectivity index (χ4n) is 4.48. The van der Waals surface area contributed by atoms with E-state index in [1.807, 2.05) is 54.6 Å². The van der Waals surface area contributed by atoms with E-state index in [1.54, 1.807) is 11.9 Å². The molecule has 156 valence electrons. The van der Waals surface area contributed by atoms with Crippen molar-refractivity contribution >= 4 is 23.2 Å². The summed E-state index contributed by atoms with van der Waals surface area (Å²) in [6.45, 7) is 0. The van der Waals surface area contributed by atoms with Crippen LogP contribution < -0.4 is 10.2 Å². The third kappa shape index (κ3) is 4.45. The van der Waals surface area contributed by atoms with Crippen LogP contribution in [0, 0.1) is 5.92 Å². The van der Waals surface area contributed by atoms with Crippen molar-refractivity contribution in [2.75, 3.05) is 11.9 Å². The van der Waals surface area contributed by atoms with E-state index in [1.165, 1.54) is 32.1 Å². The largest absolute Gasteiger partial charge is 0.327 e. The van der Waals surface area contributed by atoms with Crippen LogP contribution in [0.3, 0.4) is 0 Å². The summed E-state index contributed by atoms with van der Waals surface area (Å²) in [5.74, 6) is 0.304. The SMILES string of the molecule is CN1C(=O)C(NC(=O)CCC2CCCCC2)N=C(c2ccccc2)c2ccccc21. The van der Waals surface area contributed by atoms with Crippen LogP contribution in [0.1, 0.15) is 56.1 Å². The molecule has 1 N–H and O–H groups in total. The molecule has 2 aromatic rings. The Labute approximate surface area is 178 Å². The van der Waals surface area contributed by atoms with Gasteiger partial charge in [0.1, 0.15) is 0 Å². The molecule has 0 spiro atoms. The lowest BCUT2D eigenvalue weighted by molar-refractivity contribution is -0.127. The number of benzene rings is 2. The molecule has 2 aliphatic rings. The minimum atomic E-state index is -0.920. The molecule has 1 unspecified atom stereocenters. The molecule has 1 heterocycles. The highest BCUT2D eigenvalue weighted by molar-refractivity contribution is 6.20. The Morgan fingerprint density at radius 1 is 1.03 bits per heavy atom. The predicted octanol–water partition coefficient (Wildman–Crippen LogP) is 4.30. The highest BCUT2D eigenvalue weighted by Crippen LogP contribution is 2.28. The number of anilines is 1. The number of benzodiazepines with no additional fused rings is 1. The number of likely N-dealkylation sites (N-methyl/N-ethyl adjacent to an activating group) is 1. The van der Waals surface area contributed by atoms with E-state index in [4.69, 9.17) is 4.99 Å². The summed E-state index contributed by atoms with van der Waals surface area (Å²) in [5.41, 5.74) is 3.33. The fraction of sp³-hybridized carbons (Fsp3) is 0.400. The third-order valence-electron chi connectivity index (χ3n) is 6.19. The Balaban J connectivity index is 1.57. The summed E-state index contributed by atoms with van der Waals surface area (Å²) in [4.78, 5) is 32.2. The average molecular weight is 404 g/mol. The molecule has 0 aromatic heterocycles. The van der Waals surface area contributed by atoms with Gasteiger partial charge in [-0.1, -0.05) is 80.6 Å². The minimum absolute atomic E-state index is 0.102. The lowest BCUT2D eigenvalue weighted by Crippen LogP contribution is -2.46. The van der Waals surface area contributed by atoms with Crippen LogP contribution in [0.25, 0.3) is 0 Å². The second kappa shape index (κ2) is 9.24. The van der Waals surface area contributed by atoms with Crippen LogP contribution in [-0.2, 0) is 9.59 Å². The normalized spacial score (nSPS) is 19.6. The van der Waals surface area contributed by atoms with Crippen LogP contribution >= 0.6 is 0 Å². The van der Waals surface area contributed by atoms with Gasteiger partial charge in [-0.3, -0.25) is 9.59 Å². The molecule has 30 heavy (non-hydrogen) atoms. The van der Waals surface area contributed by atoms with E-state index >= 15 is 0 Å². The highest BCUT2D eigenvalue weighted by atomic mass is 16.2. The first kappa shape index (κ1) is 20.3. The quantitative estimate of drug-likeness (QED) is 0.809. The van der Waals surface area contributed by atoms with Gasteiger partial charge in [0, 0.05) is 24.6 Å². The monoisotopic (exact) mass is 403 g/mol. The Morgan fingerprint density at radius 2 is 1.73 bits per heavy atom. The van der Waals surface area contributed by atoms with E-state index in [9.17, 15) is 9.59 Å². The van der Waals surface area contributed by atoms with Gasteiger partial charge in [-0.2, -0.15) is 0 Å². The van der Waals surface area contributed by atoms with Crippen LogP contribution in [-0.4, -0.2) is 30.7 Å². The molecule has 2 amide bonds. The molecular formula is C25H29N3O2. The summed E-state index contributed by atoms with van der Waals surface area (Å²) in [5, 5.41) is 2.90. The summed E-state index contributed by atoms with van der Waals surface area (Å²) >= 11 is 0. The third-order valence-corrected chi connectivity index (χ3v) is 6.19. The first-order valence-electron chi connectivity index (χ1n) is 10.9. The molecule has 0 bridgehead atoms. The zero-order chi connectivity index (χ0) is 20.9. The summed E-state index contributed by atoms with van der Waals surface area (Å²) in [7, 11) is 1.74. The second-order valence-electron chi connectivity index (χ2n) is 8.27. The Hall–Kier alpha value is -2.95. The minimum Gasteiger partial charge on any atom is -0.327 e. The van der Waals surface area contributed by atoms with Crippen LogP contribution in [0.5, 0.6) is 0 Å². The van der Waals surface area contributed by atoms with E-state index in [-0.39, 0.29) is 11.8 Å². The molecule has 1 fully saturated rings. The van der Waals surface area contributed by atoms with Crippen molar-refractivity contribution in [3.8, 4) is 0 Å². The Morgan fingerprint density at radius 3 is 2.50 bits per heavy atom. The molecule has 1 saturated carbocycles. The Bertz CT molecular complexity index is 932. The number of hydrogen-bond donors (Lipinski definition) is 1. The summed E-state index contributed by atoms with van der Waals surface area (Å²) < 4.78 is 0. The molecule has 5 nitrogen and oxygen atoms in total.